The van der Waals surface area contributed by atoms with Gasteiger partial charge in [0.2, 0.25) is 0 Å². The molecule has 6 heteroatoms. The molecule has 3 nitrogen and oxygen atoms in total. The Labute approximate surface area is 129 Å². The fraction of sp³-hybridized carbons (Fsp3) is 0.417. The molecule has 0 aromatic heterocycles. The third-order valence-electron chi connectivity index (χ3n) is 2.20. The van der Waals surface area contributed by atoms with E-state index in [-0.39, 0.29) is 29.8 Å². The number of thioether (sulfide) groups is 1. The molecule has 0 aliphatic rings. The van der Waals surface area contributed by atoms with Crippen LogP contribution in [0.5, 0.6) is 0 Å². The summed E-state index contributed by atoms with van der Waals surface area (Å²) in [5, 5.41) is 6.37. The summed E-state index contributed by atoms with van der Waals surface area (Å²) in [6.07, 6.45) is 2.07. The second kappa shape index (κ2) is 10.4. The van der Waals surface area contributed by atoms with Gasteiger partial charge < -0.3 is 10.6 Å². The number of hydrogen-bond donors (Lipinski definition) is 2. The lowest BCUT2D eigenvalue weighted by Crippen LogP contribution is -2.37. The number of rotatable bonds is 5. The average molecular weight is 383 g/mol. The maximum absolute atomic E-state index is 12.7. The van der Waals surface area contributed by atoms with Crippen molar-refractivity contribution in [2.24, 2.45) is 4.99 Å². The lowest BCUT2D eigenvalue weighted by Gasteiger charge is -2.11. The summed E-state index contributed by atoms with van der Waals surface area (Å²) in [5.41, 5.74) is 1.03. The average Bonchev–Trinajstić information content (AvgIpc) is 2.35. The number of nitrogens with one attached hydrogen (secondary N) is 2. The van der Waals surface area contributed by atoms with Crippen LogP contribution in [0.1, 0.15) is 5.56 Å². The highest BCUT2D eigenvalue weighted by molar-refractivity contribution is 14.0. The first kappa shape index (κ1) is 17.5. The Morgan fingerprint density at radius 3 is 2.50 bits per heavy atom. The Morgan fingerprint density at radius 1 is 1.28 bits per heavy atom. The van der Waals surface area contributed by atoms with Crippen LogP contribution in [0.15, 0.2) is 29.3 Å². The molecule has 1 aromatic rings. The van der Waals surface area contributed by atoms with Gasteiger partial charge in [0.25, 0.3) is 0 Å². The minimum Gasteiger partial charge on any atom is -0.356 e. The molecule has 102 valence electrons. The van der Waals surface area contributed by atoms with Gasteiger partial charge in [-0.3, -0.25) is 4.99 Å². The van der Waals surface area contributed by atoms with Crippen molar-refractivity contribution in [3.63, 3.8) is 0 Å². The van der Waals surface area contributed by atoms with Gasteiger partial charge in [-0.1, -0.05) is 12.1 Å². The highest BCUT2D eigenvalue weighted by Crippen LogP contribution is 2.01. The Balaban J connectivity index is 0.00000289. The Kier molecular flexibility index (Phi) is 10.1. The lowest BCUT2D eigenvalue weighted by atomic mass is 10.2. The fourth-order valence-electron chi connectivity index (χ4n) is 1.28. The number of halogens is 2. The molecule has 0 saturated carbocycles. The van der Waals surface area contributed by atoms with Crippen molar-refractivity contribution in [3.8, 4) is 0 Å². The largest absolute Gasteiger partial charge is 0.356 e. The summed E-state index contributed by atoms with van der Waals surface area (Å²) in [7, 11) is 1.74. The number of nitrogens with zero attached hydrogens (tertiary/aromatic N) is 1. The van der Waals surface area contributed by atoms with Crippen molar-refractivity contribution >= 4 is 41.7 Å². The first-order valence-corrected chi connectivity index (χ1v) is 6.83. The van der Waals surface area contributed by atoms with E-state index >= 15 is 0 Å². The molecule has 0 atom stereocenters. The quantitative estimate of drug-likeness (QED) is 0.355. The zero-order valence-electron chi connectivity index (χ0n) is 10.6. The predicted molar refractivity (Wildman–Crippen MR) is 88.4 cm³/mol. The SMILES string of the molecule is CN=C(NCCSC)NCc1ccc(F)cc1.I. The summed E-state index contributed by atoms with van der Waals surface area (Å²) in [6.45, 7) is 1.52. The maximum Gasteiger partial charge on any atom is 0.191 e. The van der Waals surface area contributed by atoms with E-state index in [0.717, 1.165) is 23.8 Å². The van der Waals surface area contributed by atoms with Crippen molar-refractivity contribution < 1.29 is 4.39 Å². The van der Waals surface area contributed by atoms with Crippen LogP contribution in [-0.2, 0) is 6.54 Å². The van der Waals surface area contributed by atoms with Gasteiger partial charge in [-0.2, -0.15) is 11.8 Å². The van der Waals surface area contributed by atoms with Crippen LogP contribution in [0.3, 0.4) is 0 Å². The lowest BCUT2D eigenvalue weighted by molar-refractivity contribution is 0.626. The second-order valence-corrected chi connectivity index (χ2v) is 4.46. The molecule has 0 fully saturated rings. The molecular weight excluding hydrogens is 364 g/mol. The topological polar surface area (TPSA) is 36.4 Å². The van der Waals surface area contributed by atoms with E-state index in [1.54, 1.807) is 30.9 Å². The predicted octanol–water partition coefficient (Wildman–Crippen LogP) is 2.47. The number of aliphatic imine (C=N–C) groups is 1. The molecule has 0 heterocycles. The maximum atomic E-state index is 12.7. The van der Waals surface area contributed by atoms with E-state index in [2.05, 4.69) is 21.9 Å². The number of guanidine groups is 1. The summed E-state index contributed by atoms with van der Waals surface area (Å²) < 4.78 is 12.7. The Hall–Kier alpha value is -0.500. The van der Waals surface area contributed by atoms with Crippen molar-refractivity contribution in [2.45, 2.75) is 6.54 Å². The minimum atomic E-state index is -0.212. The van der Waals surface area contributed by atoms with Crippen molar-refractivity contribution in [1.29, 1.82) is 0 Å². The van der Waals surface area contributed by atoms with Crippen LogP contribution >= 0.6 is 35.7 Å². The molecule has 0 unspecified atom stereocenters. The van der Waals surface area contributed by atoms with E-state index in [4.69, 9.17) is 0 Å². The molecule has 0 bridgehead atoms. The van der Waals surface area contributed by atoms with Crippen molar-refractivity contribution in [2.75, 3.05) is 25.6 Å². The van der Waals surface area contributed by atoms with E-state index < -0.39 is 0 Å². The molecule has 0 amide bonds. The fourth-order valence-corrected chi connectivity index (χ4v) is 1.59. The molecule has 18 heavy (non-hydrogen) atoms. The smallest absolute Gasteiger partial charge is 0.191 e. The summed E-state index contributed by atoms with van der Waals surface area (Å²) >= 11 is 1.78. The third kappa shape index (κ3) is 7.05. The Morgan fingerprint density at radius 2 is 1.94 bits per heavy atom. The normalized spacial score (nSPS) is 10.7. The summed E-state index contributed by atoms with van der Waals surface area (Å²) in [6, 6.07) is 6.44. The first-order valence-electron chi connectivity index (χ1n) is 5.44. The van der Waals surface area contributed by atoms with Crippen LogP contribution in [0, 0.1) is 5.82 Å². The van der Waals surface area contributed by atoms with Gasteiger partial charge in [-0.15, -0.1) is 24.0 Å². The highest BCUT2D eigenvalue weighted by atomic mass is 127. The van der Waals surface area contributed by atoms with Gasteiger partial charge in [0, 0.05) is 25.9 Å². The number of hydrogen-bond acceptors (Lipinski definition) is 2. The molecule has 0 spiro atoms. The van der Waals surface area contributed by atoms with Gasteiger partial charge in [-0.25, -0.2) is 4.39 Å². The molecule has 1 rings (SSSR count). The Bertz CT molecular complexity index is 357. The van der Waals surface area contributed by atoms with Crippen LogP contribution in [0.4, 0.5) is 4.39 Å². The van der Waals surface area contributed by atoms with Gasteiger partial charge in [-0.05, 0) is 24.0 Å². The minimum absolute atomic E-state index is 0. The monoisotopic (exact) mass is 383 g/mol. The van der Waals surface area contributed by atoms with Crippen LogP contribution < -0.4 is 10.6 Å². The van der Waals surface area contributed by atoms with Crippen LogP contribution in [0.2, 0.25) is 0 Å². The number of benzene rings is 1. The summed E-state index contributed by atoms with van der Waals surface area (Å²) in [4.78, 5) is 4.10. The zero-order valence-corrected chi connectivity index (χ0v) is 13.7. The molecule has 0 aliphatic heterocycles. The van der Waals surface area contributed by atoms with Crippen LogP contribution in [-0.4, -0.2) is 31.6 Å². The molecule has 0 saturated heterocycles. The van der Waals surface area contributed by atoms with Gasteiger partial charge >= 0.3 is 0 Å². The summed E-state index contributed by atoms with van der Waals surface area (Å²) in [5.74, 6) is 1.59. The van der Waals surface area contributed by atoms with Crippen molar-refractivity contribution in [3.05, 3.63) is 35.6 Å². The molecule has 2 N–H and O–H groups in total. The van der Waals surface area contributed by atoms with Gasteiger partial charge in [0.05, 0.1) is 0 Å². The zero-order chi connectivity index (χ0) is 12.5. The van der Waals surface area contributed by atoms with E-state index in [1.165, 1.54) is 12.1 Å². The van der Waals surface area contributed by atoms with Crippen molar-refractivity contribution in [1.82, 2.24) is 10.6 Å². The van der Waals surface area contributed by atoms with E-state index in [0.29, 0.717) is 6.54 Å². The van der Waals surface area contributed by atoms with Gasteiger partial charge in [0.15, 0.2) is 5.96 Å². The molecular formula is C12H19FIN3S. The first-order chi connectivity index (χ1) is 8.26. The van der Waals surface area contributed by atoms with Gasteiger partial charge in [0.1, 0.15) is 5.82 Å². The standard InChI is InChI=1S/C12H18FN3S.HI/c1-14-12(15-7-8-17-2)16-9-10-3-5-11(13)6-4-10;/h3-6H,7-9H2,1-2H3,(H2,14,15,16);1H. The second-order valence-electron chi connectivity index (χ2n) is 3.47. The van der Waals surface area contributed by atoms with Crippen LogP contribution in [0.25, 0.3) is 0 Å². The van der Waals surface area contributed by atoms with E-state index in [9.17, 15) is 4.39 Å². The van der Waals surface area contributed by atoms with E-state index in [1.807, 2.05) is 0 Å². The third-order valence-corrected chi connectivity index (χ3v) is 2.81. The highest BCUT2D eigenvalue weighted by Gasteiger charge is 1.97. The molecule has 1 aromatic carbocycles. The molecule has 0 radical (unpaired) electrons. The molecule has 0 aliphatic carbocycles.